The molecule has 0 atom stereocenters. The Balaban J connectivity index is 1.83. The molecule has 1 saturated heterocycles. The van der Waals surface area contributed by atoms with E-state index in [4.69, 9.17) is 4.74 Å². The molecule has 2 fully saturated rings. The topological polar surface area (TPSA) is 9.23 Å². The van der Waals surface area contributed by atoms with Gasteiger partial charge in [0.05, 0.1) is 13.2 Å². The summed E-state index contributed by atoms with van der Waals surface area (Å²) in [6.07, 6.45) is 2.79. The van der Waals surface area contributed by atoms with Crippen LogP contribution in [-0.4, -0.2) is 13.2 Å². The van der Waals surface area contributed by atoms with Crippen LogP contribution in [0.5, 0.6) is 0 Å². The van der Waals surface area contributed by atoms with Crippen LogP contribution in [0.15, 0.2) is 0 Å². The van der Waals surface area contributed by atoms with Crippen molar-refractivity contribution in [2.45, 2.75) is 12.8 Å². The van der Waals surface area contributed by atoms with Crippen molar-refractivity contribution in [3.63, 3.8) is 0 Å². The quantitative estimate of drug-likeness (QED) is 0.474. The Labute approximate surface area is 43.7 Å². The first kappa shape index (κ1) is 3.90. The van der Waals surface area contributed by atoms with E-state index < -0.39 is 0 Å². The molecule has 0 bridgehead atoms. The van der Waals surface area contributed by atoms with Gasteiger partial charge in [0.2, 0.25) is 0 Å². The summed E-state index contributed by atoms with van der Waals surface area (Å²) < 4.78 is 5.02. The van der Waals surface area contributed by atoms with Crippen molar-refractivity contribution in [3.05, 3.63) is 5.92 Å². The summed E-state index contributed by atoms with van der Waals surface area (Å²) in [4.78, 5) is 0. The molecule has 1 heteroatoms. The van der Waals surface area contributed by atoms with Gasteiger partial charge in [-0.15, -0.1) is 0 Å². The fourth-order valence-corrected chi connectivity index (χ4v) is 0.952. The lowest BCUT2D eigenvalue weighted by Gasteiger charge is -2.24. The summed E-state index contributed by atoms with van der Waals surface area (Å²) >= 11 is 0. The molecule has 1 radical (unpaired) electrons. The van der Waals surface area contributed by atoms with Crippen molar-refractivity contribution >= 4 is 0 Å². The summed E-state index contributed by atoms with van der Waals surface area (Å²) in [6, 6.07) is 0. The predicted octanol–water partition coefficient (Wildman–Crippen LogP) is 1.00. The third-order valence-corrected chi connectivity index (χ3v) is 1.75. The first-order chi connectivity index (χ1) is 3.47. The largest absolute Gasteiger partial charge is 0.381 e. The molecular formula is C6H9O. The van der Waals surface area contributed by atoms with Gasteiger partial charge in [-0.25, -0.2) is 0 Å². The van der Waals surface area contributed by atoms with E-state index in [0.29, 0.717) is 0 Å². The van der Waals surface area contributed by atoms with Crippen LogP contribution in [-0.2, 0) is 4.74 Å². The van der Waals surface area contributed by atoms with Crippen LogP contribution in [0.4, 0.5) is 0 Å². The van der Waals surface area contributed by atoms with Gasteiger partial charge in [-0.05, 0) is 18.8 Å². The van der Waals surface area contributed by atoms with Gasteiger partial charge in [0.1, 0.15) is 0 Å². The van der Waals surface area contributed by atoms with Crippen molar-refractivity contribution in [1.82, 2.24) is 0 Å². The Bertz CT molecular complexity index is 72.2. The van der Waals surface area contributed by atoms with Crippen molar-refractivity contribution in [3.8, 4) is 0 Å². The maximum atomic E-state index is 5.02. The third-order valence-electron chi connectivity index (χ3n) is 1.75. The minimum atomic E-state index is 0.889. The second-order valence-electron chi connectivity index (χ2n) is 2.39. The lowest BCUT2D eigenvalue weighted by atomic mass is 10.0. The Morgan fingerprint density at radius 1 is 1.29 bits per heavy atom. The van der Waals surface area contributed by atoms with Crippen LogP contribution < -0.4 is 0 Å². The van der Waals surface area contributed by atoms with Gasteiger partial charge in [0, 0.05) is 5.92 Å². The summed E-state index contributed by atoms with van der Waals surface area (Å²) in [7, 11) is 0. The van der Waals surface area contributed by atoms with Crippen molar-refractivity contribution in [2.24, 2.45) is 5.92 Å². The van der Waals surface area contributed by atoms with E-state index in [1.165, 1.54) is 12.8 Å². The fourth-order valence-electron chi connectivity index (χ4n) is 0.952. The molecule has 0 aromatic rings. The Kier molecular flexibility index (Phi) is 0.680. The zero-order chi connectivity index (χ0) is 4.69. The first-order valence-corrected chi connectivity index (χ1v) is 2.89. The predicted molar refractivity (Wildman–Crippen MR) is 26.8 cm³/mol. The molecule has 7 heavy (non-hydrogen) atoms. The lowest BCUT2D eigenvalue weighted by Crippen LogP contribution is -2.28. The van der Waals surface area contributed by atoms with Crippen LogP contribution in [0.3, 0.4) is 0 Å². The Hall–Kier alpha value is -0.0400. The molecule has 1 saturated carbocycles. The number of hydrogen-bond acceptors (Lipinski definition) is 1. The van der Waals surface area contributed by atoms with E-state index in [2.05, 4.69) is 0 Å². The molecule has 0 N–H and O–H groups in total. The smallest absolute Gasteiger partial charge is 0.0522 e. The normalized spacial score (nSPS) is 32.6. The van der Waals surface area contributed by atoms with Gasteiger partial charge in [0.25, 0.3) is 0 Å². The maximum absolute atomic E-state index is 5.02. The molecule has 2 aliphatic rings. The first-order valence-electron chi connectivity index (χ1n) is 2.89. The highest BCUT2D eigenvalue weighted by molar-refractivity contribution is 5.11. The van der Waals surface area contributed by atoms with Crippen LogP contribution in [0, 0.1) is 11.8 Å². The summed E-state index contributed by atoms with van der Waals surface area (Å²) in [5.41, 5.74) is 0. The van der Waals surface area contributed by atoms with Crippen LogP contribution in [0.2, 0.25) is 0 Å². The molecule has 39 valence electrons. The Morgan fingerprint density at radius 3 is 2.14 bits per heavy atom. The van der Waals surface area contributed by atoms with Crippen LogP contribution >= 0.6 is 0 Å². The van der Waals surface area contributed by atoms with Gasteiger partial charge >= 0.3 is 0 Å². The van der Waals surface area contributed by atoms with E-state index in [-0.39, 0.29) is 0 Å². The standard InChI is InChI=1S/C6H9O/c1-2-5(1)6-3-7-4-6/h6H,1-4H2. The van der Waals surface area contributed by atoms with Crippen molar-refractivity contribution < 1.29 is 4.74 Å². The number of rotatable bonds is 1. The minimum absolute atomic E-state index is 0.889. The van der Waals surface area contributed by atoms with Gasteiger partial charge in [0.15, 0.2) is 0 Å². The molecule has 0 aromatic carbocycles. The second-order valence-corrected chi connectivity index (χ2v) is 2.39. The third kappa shape index (κ3) is 0.556. The molecule has 1 heterocycles. The average Bonchev–Trinajstić information content (AvgIpc) is 2.10. The van der Waals surface area contributed by atoms with Crippen LogP contribution in [0.25, 0.3) is 0 Å². The summed E-state index contributed by atoms with van der Waals surface area (Å²) in [6.45, 7) is 2.05. The number of ether oxygens (including phenoxy) is 1. The lowest BCUT2D eigenvalue weighted by molar-refractivity contribution is -0.0183. The molecule has 0 spiro atoms. The molecule has 2 rings (SSSR count). The van der Waals surface area contributed by atoms with E-state index in [1.807, 2.05) is 0 Å². The van der Waals surface area contributed by atoms with Crippen LogP contribution in [0.1, 0.15) is 12.8 Å². The highest BCUT2D eigenvalue weighted by Gasteiger charge is 2.36. The zero-order valence-electron chi connectivity index (χ0n) is 4.31. The second kappa shape index (κ2) is 1.22. The van der Waals surface area contributed by atoms with Crippen molar-refractivity contribution in [2.75, 3.05) is 13.2 Å². The van der Waals surface area contributed by atoms with Gasteiger partial charge in [-0.2, -0.15) is 0 Å². The molecule has 1 aliphatic heterocycles. The molecule has 1 nitrogen and oxygen atoms in total. The highest BCUT2D eigenvalue weighted by Crippen LogP contribution is 2.42. The fraction of sp³-hybridized carbons (Fsp3) is 0.833. The van der Waals surface area contributed by atoms with Crippen molar-refractivity contribution in [1.29, 1.82) is 0 Å². The van der Waals surface area contributed by atoms with E-state index in [1.54, 1.807) is 5.92 Å². The Morgan fingerprint density at radius 2 is 2.00 bits per heavy atom. The molecule has 0 amide bonds. The molecule has 0 aromatic heterocycles. The van der Waals surface area contributed by atoms with E-state index in [9.17, 15) is 0 Å². The van der Waals surface area contributed by atoms with E-state index >= 15 is 0 Å². The summed E-state index contributed by atoms with van der Waals surface area (Å²) in [5.74, 6) is 2.64. The maximum Gasteiger partial charge on any atom is 0.0522 e. The minimum Gasteiger partial charge on any atom is -0.381 e. The molecular weight excluding hydrogens is 88.1 g/mol. The SMILES string of the molecule is C1C[C]1C1COC1. The highest BCUT2D eigenvalue weighted by atomic mass is 16.5. The number of hydrogen-bond donors (Lipinski definition) is 0. The summed E-state index contributed by atoms with van der Waals surface area (Å²) in [5, 5.41) is 0. The van der Waals surface area contributed by atoms with Gasteiger partial charge in [-0.1, -0.05) is 0 Å². The van der Waals surface area contributed by atoms with Gasteiger partial charge < -0.3 is 4.74 Å². The zero-order valence-corrected chi connectivity index (χ0v) is 4.31. The monoisotopic (exact) mass is 97.1 g/mol. The average molecular weight is 97.1 g/mol. The molecule has 0 unspecified atom stereocenters. The van der Waals surface area contributed by atoms with Gasteiger partial charge in [-0.3, -0.25) is 0 Å². The van der Waals surface area contributed by atoms with E-state index in [0.717, 1.165) is 19.1 Å². The molecule has 1 aliphatic carbocycles.